The predicted molar refractivity (Wildman–Crippen MR) is 58.8 cm³/mol. The van der Waals surface area contributed by atoms with Crippen molar-refractivity contribution in [3.63, 3.8) is 0 Å². The minimum atomic E-state index is -0.315. The van der Waals surface area contributed by atoms with E-state index in [0.717, 1.165) is 0 Å². The molecule has 0 fully saturated rings. The monoisotopic (exact) mass is 230 g/mol. The molecule has 0 saturated carbocycles. The lowest BCUT2D eigenvalue weighted by Gasteiger charge is -2.09. The molecule has 0 heterocycles. The molecule has 0 aliphatic carbocycles. The standard InChI is InChI=1S/C11H18O5/c12-5-1-9(2-6-13)10(3-7-14)11(16)4-8-15/h1,3,12-15H,2,4-8H2. The number of ketones is 1. The minimum Gasteiger partial charge on any atom is -0.396 e. The van der Waals surface area contributed by atoms with Gasteiger partial charge in [-0.15, -0.1) is 0 Å². The summed E-state index contributed by atoms with van der Waals surface area (Å²) >= 11 is 0. The van der Waals surface area contributed by atoms with Crippen LogP contribution >= 0.6 is 0 Å². The van der Waals surface area contributed by atoms with Crippen molar-refractivity contribution in [1.82, 2.24) is 0 Å². The molecule has 0 aromatic carbocycles. The molecular formula is C11H18O5. The van der Waals surface area contributed by atoms with E-state index in [1.165, 1.54) is 12.2 Å². The molecule has 0 aliphatic heterocycles. The lowest BCUT2D eigenvalue weighted by Crippen LogP contribution is -2.10. The van der Waals surface area contributed by atoms with Crippen LogP contribution in [0.4, 0.5) is 0 Å². The number of carbonyl (C=O) groups excluding carboxylic acids is 1. The Balaban J connectivity index is 4.92. The fourth-order valence-corrected chi connectivity index (χ4v) is 1.33. The fourth-order valence-electron chi connectivity index (χ4n) is 1.33. The van der Waals surface area contributed by atoms with Crippen LogP contribution in [0, 0.1) is 0 Å². The predicted octanol–water partition coefficient (Wildman–Crippen LogP) is -0.842. The topological polar surface area (TPSA) is 98.0 Å². The first kappa shape index (κ1) is 15.0. The lowest BCUT2D eigenvalue weighted by atomic mass is 9.97. The molecule has 0 aromatic heterocycles. The number of rotatable bonds is 8. The summed E-state index contributed by atoms with van der Waals surface area (Å²) in [6.45, 7) is -0.973. The highest BCUT2D eigenvalue weighted by Gasteiger charge is 2.13. The molecule has 0 atom stereocenters. The van der Waals surface area contributed by atoms with Gasteiger partial charge >= 0.3 is 0 Å². The summed E-state index contributed by atoms with van der Waals surface area (Å²) in [5, 5.41) is 35.1. The third-order valence-electron chi connectivity index (χ3n) is 2.00. The van der Waals surface area contributed by atoms with Gasteiger partial charge in [0, 0.05) is 18.6 Å². The van der Waals surface area contributed by atoms with Crippen LogP contribution in [0.25, 0.3) is 0 Å². The molecule has 0 aromatic rings. The number of carbonyl (C=O) groups is 1. The number of aliphatic hydroxyl groups is 4. The van der Waals surface area contributed by atoms with E-state index < -0.39 is 0 Å². The first-order chi connectivity index (χ1) is 7.71. The van der Waals surface area contributed by atoms with Crippen molar-refractivity contribution in [3.8, 4) is 0 Å². The maximum atomic E-state index is 11.6. The minimum absolute atomic E-state index is 0.0416. The van der Waals surface area contributed by atoms with Gasteiger partial charge in [0.2, 0.25) is 0 Å². The molecule has 0 spiro atoms. The first-order valence-electron chi connectivity index (χ1n) is 5.07. The number of hydrogen-bond acceptors (Lipinski definition) is 5. The molecular weight excluding hydrogens is 212 g/mol. The van der Waals surface area contributed by atoms with Crippen LogP contribution in [0.3, 0.4) is 0 Å². The molecule has 4 N–H and O–H groups in total. The zero-order valence-electron chi connectivity index (χ0n) is 9.09. The van der Waals surface area contributed by atoms with Crippen molar-refractivity contribution in [1.29, 1.82) is 0 Å². The molecule has 0 rings (SSSR count). The molecule has 16 heavy (non-hydrogen) atoms. The number of hydrogen-bond donors (Lipinski definition) is 4. The molecule has 0 amide bonds. The van der Waals surface area contributed by atoms with Crippen LogP contribution in [0.5, 0.6) is 0 Å². The molecule has 0 bridgehead atoms. The van der Waals surface area contributed by atoms with Crippen molar-refractivity contribution in [3.05, 3.63) is 23.3 Å². The summed E-state index contributed by atoms with van der Waals surface area (Å²) in [4.78, 5) is 11.6. The van der Waals surface area contributed by atoms with Gasteiger partial charge in [-0.25, -0.2) is 0 Å². The Hall–Kier alpha value is -1.01. The average molecular weight is 230 g/mol. The Labute approximate surface area is 94.3 Å². The Morgan fingerprint density at radius 1 is 0.875 bits per heavy atom. The maximum absolute atomic E-state index is 11.6. The summed E-state index contributed by atoms with van der Waals surface area (Å²) < 4.78 is 0. The summed E-state index contributed by atoms with van der Waals surface area (Å²) in [6.07, 6.45) is 2.91. The van der Waals surface area contributed by atoms with E-state index in [4.69, 9.17) is 20.4 Å². The van der Waals surface area contributed by atoms with Gasteiger partial charge < -0.3 is 20.4 Å². The summed E-state index contributed by atoms with van der Waals surface area (Å²) in [6, 6.07) is 0. The largest absolute Gasteiger partial charge is 0.396 e. The van der Waals surface area contributed by atoms with Crippen LogP contribution in [0.1, 0.15) is 12.8 Å². The second-order valence-corrected chi connectivity index (χ2v) is 3.08. The van der Waals surface area contributed by atoms with Crippen molar-refractivity contribution < 1.29 is 25.2 Å². The van der Waals surface area contributed by atoms with Gasteiger partial charge in [-0.2, -0.15) is 0 Å². The van der Waals surface area contributed by atoms with Gasteiger partial charge in [0.25, 0.3) is 0 Å². The molecule has 92 valence electrons. The van der Waals surface area contributed by atoms with E-state index in [1.54, 1.807) is 0 Å². The van der Waals surface area contributed by atoms with Gasteiger partial charge in [0.05, 0.1) is 19.8 Å². The van der Waals surface area contributed by atoms with Crippen molar-refractivity contribution in [2.45, 2.75) is 12.8 Å². The van der Waals surface area contributed by atoms with Crippen molar-refractivity contribution >= 4 is 5.78 Å². The Kier molecular flexibility index (Phi) is 8.65. The Bertz CT molecular complexity index is 268. The average Bonchev–Trinajstić information content (AvgIpc) is 2.26. The normalized spacial score (nSPS) is 13.0. The van der Waals surface area contributed by atoms with Crippen LogP contribution in [-0.4, -0.2) is 52.6 Å². The van der Waals surface area contributed by atoms with E-state index in [1.807, 2.05) is 0 Å². The maximum Gasteiger partial charge on any atom is 0.165 e. The second kappa shape index (κ2) is 9.23. The highest BCUT2D eigenvalue weighted by Crippen LogP contribution is 2.16. The molecule has 5 nitrogen and oxygen atoms in total. The van der Waals surface area contributed by atoms with E-state index in [0.29, 0.717) is 5.57 Å². The van der Waals surface area contributed by atoms with E-state index >= 15 is 0 Å². The molecule has 5 heteroatoms. The highest BCUT2D eigenvalue weighted by atomic mass is 16.3. The van der Waals surface area contributed by atoms with Crippen LogP contribution in [0.2, 0.25) is 0 Å². The van der Waals surface area contributed by atoms with Gasteiger partial charge in [0.15, 0.2) is 5.78 Å². The van der Waals surface area contributed by atoms with Crippen molar-refractivity contribution in [2.75, 3.05) is 26.4 Å². The fraction of sp³-hybridized carbons (Fsp3) is 0.545. The lowest BCUT2D eigenvalue weighted by molar-refractivity contribution is -0.116. The number of allylic oxidation sites excluding steroid dienone is 1. The molecule has 0 radical (unpaired) electrons. The van der Waals surface area contributed by atoms with Gasteiger partial charge in [-0.05, 0) is 18.1 Å². The van der Waals surface area contributed by atoms with E-state index in [-0.39, 0.29) is 50.6 Å². The van der Waals surface area contributed by atoms with E-state index in [2.05, 4.69) is 0 Å². The van der Waals surface area contributed by atoms with Gasteiger partial charge in [-0.1, -0.05) is 6.08 Å². The third-order valence-corrected chi connectivity index (χ3v) is 2.00. The molecule has 0 aliphatic rings. The van der Waals surface area contributed by atoms with E-state index in [9.17, 15) is 4.79 Å². The molecule has 0 unspecified atom stereocenters. The smallest absolute Gasteiger partial charge is 0.165 e. The van der Waals surface area contributed by atoms with Crippen LogP contribution < -0.4 is 0 Å². The summed E-state index contributed by atoms with van der Waals surface area (Å²) in [5.74, 6) is -0.315. The Morgan fingerprint density at radius 2 is 1.44 bits per heavy atom. The third kappa shape index (κ3) is 5.18. The molecule has 0 saturated heterocycles. The van der Waals surface area contributed by atoms with Gasteiger partial charge in [-0.3, -0.25) is 4.79 Å². The SMILES string of the molecule is O=C(CCO)C(=CCO)C(=CCO)CCO. The Morgan fingerprint density at radius 3 is 1.88 bits per heavy atom. The highest BCUT2D eigenvalue weighted by molar-refractivity contribution is 5.99. The van der Waals surface area contributed by atoms with Gasteiger partial charge in [0.1, 0.15) is 0 Å². The zero-order chi connectivity index (χ0) is 12.4. The summed E-state index contributed by atoms with van der Waals surface area (Å²) in [7, 11) is 0. The number of Topliss-reactive ketones (excluding diaryl/α,β-unsaturated/α-hetero) is 1. The van der Waals surface area contributed by atoms with Crippen molar-refractivity contribution in [2.24, 2.45) is 0 Å². The zero-order valence-corrected chi connectivity index (χ0v) is 9.09. The summed E-state index contributed by atoms with van der Waals surface area (Å²) in [5.41, 5.74) is 0.733. The van der Waals surface area contributed by atoms with Crippen LogP contribution in [0.15, 0.2) is 23.3 Å². The number of aliphatic hydroxyl groups excluding tert-OH is 4. The first-order valence-corrected chi connectivity index (χ1v) is 5.07. The quantitative estimate of drug-likeness (QED) is 0.322. The van der Waals surface area contributed by atoms with Crippen LogP contribution in [-0.2, 0) is 4.79 Å². The second-order valence-electron chi connectivity index (χ2n) is 3.08.